The van der Waals surface area contributed by atoms with Crippen molar-refractivity contribution in [3.05, 3.63) is 30.1 Å². The van der Waals surface area contributed by atoms with Crippen molar-refractivity contribution in [2.24, 2.45) is 0 Å². The van der Waals surface area contributed by atoms with Gasteiger partial charge in [0.2, 0.25) is 0 Å². The Bertz CT molecular complexity index is 632. The number of rotatable bonds is 4. The van der Waals surface area contributed by atoms with E-state index >= 15 is 0 Å². The maximum atomic E-state index is 8.88. The van der Waals surface area contributed by atoms with Gasteiger partial charge in [0.15, 0.2) is 0 Å². The van der Waals surface area contributed by atoms with Crippen molar-refractivity contribution >= 4 is 11.0 Å². The van der Waals surface area contributed by atoms with Crippen LogP contribution in [0.25, 0.3) is 11.0 Å². The molecule has 0 saturated carbocycles. The molecule has 0 amide bonds. The van der Waals surface area contributed by atoms with Gasteiger partial charge in [-0.05, 0) is 31.6 Å². The predicted octanol–water partition coefficient (Wildman–Crippen LogP) is 1.75. The highest BCUT2D eigenvalue weighted by Crippen LogP contribution is 2.18. The number of hydrogen-bond donors (Lipinski definition) is 1. The van der Waals surface area contributed by atoms with Crippen LogP contribution >= 0.6 is 0 Å². The summed E-state index contributed by atoms with van der Waals surface area (Å²) in [5.41, 5.74) is 2.16. The minimum Gasteiger partial charge on any atom is -0.326 e. The maximum absolute atomic E-state index is 8.88. The molecular weight excluding hydrogens is 262 g/mol. The molecule has 3 rings (SSSR count). The Morgan fingerprint density at radius 2 is 2.14 bits per heavy atom. The highest BCUT2D eigenvalue weighted by atomic mass is 15.2. The summed E-state index contributed by atoms with van der Waals surface area (Å²) in [5, 5.41) is 12.3. The van der Waals surface area contributed by atoms with Crippen LogP contribution in [0, 0.1) is 11.3 Å². The molecule has 0 bridgehead atoms. The van der Waals surface area contributed by atoms with Crippen LogP contribution in [0.5, 0.6) is 0 Å². The maximum Gasteiger partial charge on any atom is 0.124 e. The molecule has 1 aliphatic rings. The second kappa shape index (κ2) is 6.70. The van der Waals surface area contributed by atoms with Crippen LogP contribution in [0.2, 0.25) is 0 Å². The number of imidazole rings is 1. The van der Waals surface area contributed by atoms with Gasteiger partial charge in [-0.2, -0.15) is 5.26 Å². The van der Waals surface area contributed by atoms with E-state index in [2.05, 4.69) is 26.9 Å². The van der Waals surface area contributed by atoms with Crippen molar-refractivity contribution in [2.45, 2.75) is 25.9 Å². The molecule has 110 valence electrons. The van der Waals surface area contributed by atoms with E-state index in [4.69, 9.17) is 10.2 Å². The monoisotopic (exact) mass is 283 g/mol. The lowest BCUT2D eigenvalue weighted by Gasteiger charge is -2.19. The molecule has 0 aliphatic carbocycles. The van der Waals surface area contributed by atoms with Gasteiger partial charge in [-0.25, -0.2) is 4.98 Å². The molecule has 5 nitrogen and oxygen atoms in total. The summed E-state index contributed by atoms with van der Waals surface area (Å²) in [7, 11) is 0. The fourth-order valence-electron chi connectivity index (χ4n) is 2.92. The summed E-state index contributed by atoms with van der Waals surface area (Å²) in [5.74, 6) is 1.08. The predicted molar refractivity (Wildman–Crippen MR) is 82.7 cm³/mol. The van der Waals surface area contributed by atoms with E-state index in [0.29, 0.717) is 6.42 Å². The molecule has 21 heavy (non-hydrogen) atoms. The average Bonchev–Trinajstić information content (AvgIpc) is 2.67. The SMILES string of the molecule is N#CCCn1c(CN2CCCNCC2)nc2ccccc21. The first-order chi connectivity index (χ1) is 10.4. The number of hydrogen-bond acceptors (Lipinski definition) is 4. The number of aryl methyl sites for hydroxylation is 1. The van der Waals surface area contributed by atoms with Gasteiger partial charge in [0.1, 0.15) is 5.82 Å². The van der Waals surface area contributed by atoms with E-state index in [9.17, 15) is 0 Å². The minimum atomic E-state index is 0.523. The second-order valence-corrected chi connectivity index (χ2v) is 5.46. The van der Waals surface area contributed by atoms with Gasteiger partial charge >= 0.3 is 0 Å². The molecule has 1 aromatic carbocycles. The lowest BCUT2D eigenvalue weighted by atomic mass is 10.3. The summed E-state index contributed by atoms with van der Waals surface area (Å²) in [6.45, 7) is 5.88. The largest absolute Gasteiger partial charge is 0.326 e. The Morgan fingerprint density at radius 3 is 3.05 bits per heavy atom. The van der Waals surface area contributed by atoms with Gasteiger partial charge in [0, 0.05) is 19.6 Å². The number of aromatic nitrogens is 2. The lowest BCUT2D eigenvalue weighted by Crippen LogP contribution is -2.29. The molecule has 1 N–H and O–H groups in total. The van der Waals surface area contributed by atoms with Gasteiger partial charge in [-0.3, -0.25) is 4.90 Å². The molecule has 0 unspecified atom stereocenters. The third-order valence-corrected chi connectivity index (χ3v) is 3.98. The number of nitrogens with zero attached hydrogens (tertiary/aromatic N) is 4. The Morgan fingerprint density at radius 1 is 1.24 bits per heavy atom. The summed E-state index contributed by atoms with van der Waals surface area (Å²) >= 11 is 0. The Labute approximate surface area is 125 Å². The Hall–Kier alpha value is -1.90. The third-order valence-electron chi connectivity index (χ3n) is 3.98. The van der Waals surface area contributed by atoms with Crippen LogP contribution in [0.3, 0.4) is 0 Å². The highest BCUT2D eigenvalue weighted by Gasteiger charge is 2.15. The second-order valence-electron chi connectivity index (χ2n) is 5.46. The molecule has 1 saturated heterocycles. The smallest absolute Gasteiger partial charge is 0.124 e. The topological polar surface area (TPSA) is 56.9 Å². The summed E-state index contributed by atoms with van der Waals surface area (Å²) in [4.78, 5) is 7.23. The lowest BCUT2D eigenvalue weighted by molar-refractivity contribution is 0.273. The molecule has 1 aromatic heterocycles. The van der Waals surface area contributed by atoms with Crippen LogP contribution in [-0.4, -0.2) is 40.6 Å². The Balaban J connectivity index is 1.87. The molecule has 1 aliphatic heterocycles. The standard InChI is InChI=1S/C16H21N5/c17-7-3-11-21-15-6-2-1-5-14(15)19-16(21)13-20-10-4-8-18-9-12-20/h1-2,5-6,18H,3-4,8-13H2. The molecular formula is C16H21N5. The fourth-order valence-corrected chi connectivity index (χ4v) is 2.92. The first-order valence-electron chi connectivity index (χ1n) is 7.62. The van der Waals surface area contributed by atoms with Gasteiger partial charge < -0.3 is 9.88 Å². The van der Waals surface area contributed by atoms with E-state index in [0.717, 1.165) is 56.1 Å². The first kappa shape index (κ1) is 14.1. The molecule has 0 spiro atoms. The number of nitrogens with one attached hydrogen (secondary N) is 1. The van der Waals surface area contributed by atoms with Crippen molar-refractivity contribution in [2.75, 3.05) is 26.2 Å². The molecule has 2 aromatic rings. The zero-order valence-corrected chi connectivity index (χ0v) is 12.3. The van der Waals surface area contributed by atoms with Crippen LogP contribution in [0.15, 0.2) is 24.3 Å². The van der Waals surface area contributed by atoms with E-state index in [1.807, 2.05) is 18.2 Å². The van der Waals surface area contributed by atoms with Crippen molar-refractivity contribution in [3.8, 4) is 6.07 Å². The minimum absolute atomic E-state index is 0.523. The van der Waals surface area contributed by atoms with Crippen molar-refractivity contribution in [1.82, 2.24) is 19.8 Å². The molecule has 0 atom stereocenters. The van der Waals surface area contributed by atoms with E-state index in [1.165, 1.54) is 6.42 Å². The van der Waals surface area contributed by atoms with Gasteiger partial charge in [-0.1, -0.05) is 12.1 Å². The van der Waals surface area contributed by atoms with E-state index in [1.54, 1.807) is 0 Å². The summed E-state index contributed by atoms with van der Waals surface area (Å²) in [6.07, 6.45) is 1.70. The Kier molecular flexibility index (Phi) is 4.49. The van der Waals surface area contributed by atoms with Gasteiger partial charge in [0.05, 0.1) is 30.1 Å². The van der Waals surface area contributed by atoms with Crippen molar-refractivity contribution in [3.63, 3.8) is 0 Å². The molecule has 2 heterocycles. The molecule has 0 radical (unpaired) electrons. The van der Waals surface area contributed by atoms with Crippen molar-refractivity contribution < 1.29 is 0 Å². The van der Waals surface area contributed by atoms with Crippen molar-refractivity contribution in [1.29, 1.82) is 5.26 Å². The zero-order valence-electron chi connectivity index (χ0n) is 12.3. The fraction of sp³-hybridized carbons (Fsp3) is 0.500. The summed E-state index contributed by atoms with van der Waals surface area (Å²) < 4.78 is 2.21. The van der Waals surface area contributed by atoms with E-state index < -0.39 is 0 Å². The van der Waals surface area contributed by atoms with Gasteiger partial charge in [0.25, 0.3) is 0 Å². The third kappa shape index (κ3) is 3.23. The zero-order chi connectivity index (χ0) is 14.5. The quantitative estimate of drug-likeness (QED) is 0.928. The number of benzene rings is 1. The first-order valence-corrected chi connectivity index (χ1v) is 7.62. The van der Waals surface area contributed by atoms with E-state index in [-0.39, 0.29) is 0 Å². The van der Waals surface area contributed by atoms with Crippen LogP contribution < -0.4 is 5.32 Å². The number of para-hydroxylation sites is 2. The number of fused-ring (bicyclic) bond motifs is 1. The normalized spacial score (nSPS) is 16.7. The molecule has 1 fully saturated rings. The summed E-state index contributed by atoms with van der Waals surface area (Å²) in [6, 6.07) is 10.4. The van der Waals surface area contributed by atoms with Gasteiger partial charge in [-0.15, -0.1) is 0 Å². The molecule has 5 heteroatoms. The van der Waals surface area contributed by atoms with Crippen LogP contribution in [0.4, 0.5) is 0 Å². The highest BCUT2D eigenvalue weighted by molar-refractivity contribution is 5.75. The average molecular weight is 283 g/mol. The number of nitriles is 1. The van der Waals surface area contributed by atoms with Crippen LogP contribution in [0.1, 0.15) is 18.7 Å². The van der Waals surface area contributed by atoms with Crippen LogP contribution in [-0.2, 0) is 13.1 Å².